The normalized spacial score (nSPS) is 10.0. The highest BCUT2D eigenvalue weighted by molar-refractivity contribution is 9.10. The number of pyridine rings is 1. The molecule has 0 aliphatic rings. The molecular weight excluding hydrogens is 364 g/mol. The molecule has 0 fully saturated rings. The molecule has 0 spiro atoms. The molecule has 0 radical (unpaired) electrons. The summed E-state index contributed by atoms with van der Waals surface area (Å²) >= 11 is 3.38. The van der Waals surface area contributed by atoms with Crippen molar-refractivity contribution in [1.82, 2.24) is 4.57 Å². The number of hydrogen-bond acceptors (Lipinski definition) is 5. The number of esters is 1. The molecule has 23 heavy (non-hydrogen) atoms. The quantitative estimate of drug-likeness (QED) is 0.764. The fraction of sp³-hybridized carbons (Fsp3) is 0.188. The lowest BCUT2D eigenvalue weighted by Crippen LogP contribution is -2.24. The Morgan fingerprint density at radius 3 is 2.65 bits per heavy atom. The lowest BCUT2D eigenvalue weighted by atomic mass is 10.1. The molecule has 7 heteroatoms. The van der Waals surface area contributed by atoms with E-state index in [0.29, 0.717) is 5.75 Å². The number of nitrogens with zero attached hydrogens (tertiary/aromatic N) is 2. The van der Waals surface area contributed by atoms with Crippen molar-refractivity contribution in [3.05, 3.63) is 62.0 Å². The van der Waals surface area contributed by atoms with E-state index in [2.05, 4.69) is 20.7 Å². The Morgan fingerprint density at radius 1 is 1.35 bits per heavy atom. The zero-order valence-corrected chi connectivity index (χ0v) is 14.1. The van der Waals surface area contributed by atoms with Crippen LogP contribution >= 0.6 is 15.9 Å². The second-order valence-electron chi connectivity index (χ2n) is 4.65. The molecule has 0 saturated heterocycles. The van der Waals surface area contributed by atoms with Gasteiger partial charge in [-0.05, 0) is 39.7 Å². The molecule has 0 N–H and O–H groups in total. The number of rotatable bonds is 4. The number of aromatic nitrogens is 1. The Kier molecular flexibility index (Phi) is 5.19. The first kappa shape index (κ1) is 16.8. The van der Waals surface area contributed by atoms with E-state index in [-0.39, 0.29) is 17.7 Å². The fourth-order valence-electron chi connectivity index (χ4n) is 2.07. The van der Waals surface area contributed by atoms with Crippen molar-refractivity contribution >= 4 is 21.9 Å². The minimum atomic E-state index is -0.605. The molecule has 0 atom stereocenters. The number of carbonyl (C=O) groups is 1. The van der Waals surface area contributed by atoms with Gasteiger partial charge in [0, 0.05) is 6.20 Å². The molecule has 0 aliphatic heterocycles. The summed E-state index contributed by atoms with van der Waals surface area (Å²) < 4.78 is 11.8. The second-order valence-corrected chi connectivity index (χ2v) is 5.50. The van der Waals surface area contributed by atoms with Gasteiger partial charge >= 0.3 is 5.97 Å². The number of halogens is 1. The number of hydrogen-bond donors (Lipinski definition) is 0. The lowest BCUT2D eigenvalue weighted by Gasteiger charge is -2.10. The largest absolute Gasteiger partial charge is 0.496 e. The first-order valence-corrected chi connectivity index (χ1v) is 7.34. The van der Waals surface area contributed by atoms with E-state index in [1.807, 2.05) is 6.07 Å². The van der Waals surface area contributed by atoms with Crippen LogP contribution in [-0.2, 0) is 11.3 Å². The van der Waals surface area contributed by atoms with Gasteiger partial charge in [0.15, 0.2) is 0 Å². The SMILES string of the molecule is COC(=O)c1cc(C#N)c(=O)n(Cc2ccc(OC)c(Br)c2)c1. The maximum atomic E-state index is 12.2. The zero-order valence-electron chi connectivity index (χ0n) is 12.5. The highest BCUT2D eigenvalue weighted by atomic mass is 79.9. The molecule has 1 aromatic carbocycles. The van der Waals surface area contributed by atoms with E-state index in [1.165, 1.54) is 23.9 Å². The summed E-state index contributed by atoms with van der Waals surface area (Å²) in [6.45, 7) is 0.209. The summed E-state index contributed by atoms with van der Waals surface area (Å²) in [7, 11) is 2.80. The van der Waals surface area contributed by atoms with Crippen LogP contribution in [0.4, 0.5) is 0 Å². The van der Waals surface area contributed by atoms with Gasteiger partial charge in [-0.25, -0.2) is 4.79 Å². The molecule has 0 amide bonds. The van der Waals surface area contributed by atoms with Crippen LogP contribution < -0.4 is 10.3 Å². The number of ether oxygens (including phenoxy) is 2. The summed E-state index contributed by atoms with van der Waals surface area (Å²) in [6.07, 6.45) is 1.38. The Labute approximate surface area is 141 Å². The maximum absolute atomic E-state index is 12.2. The topological polar surface area (TPSA) is 81.3 Å². The van der Waals surface area contributed by atoms with Crippen molar-refractivity contribution < 1.29 is 14.3 Å². The van der Waals surface area contributed by atoms with Crippen molar-refractivity contribution in [1.29, 1.82) is 5.26 Å². The van der Waals surface area contributed by atoms with Crippen molar-refractivity contribution in [2.24, 2.45) is 0 Å². The highest BCUT2D eigenvalue weighted by Gasteiger charge is 2.13. The minimum Gasteiger partial charge on any atom is -0.496 e. The Balaban J connectivity index is 2.47. The van der Waals surface area contributed by atoms with Crippen molar-refractivity contribution in [2.45, 2.75) is 6.54 Å². The van der Waals surface area contributed by atoms with Gasteiger partial charge in [0.25, 0.3) is 5.56 Å². The molecule has 6 nitrogen and oxygen atoms in total. The smallest absolute Gasteiger partial charge is 0.339 e. The van der Waals surface area contributed by atoms with Crippen LogP contribution in [0.1, 0.15) is 21.5 Å². The van der Waals surface area contributed by atoms with Crippen LogP contribution in [0.2, 0.25) is 0 Å². The van der Waals surface area contributed by atoms with E-state index in [0.717, 1.165) is 10.0 Å². The van der Waals surface area contributed by atoms with Gasteiger partial charge in [-0.15, -0.1) is 0 Å². The predicted octanol–water partition coefficient (Wildman–Crippen LogP) is 2.33. The van der Waals surface area contributed by atoms with E-state index in [9.17, 15) is 9.59 Å². The summed E-state index contributed by atoms with van der Waals surface area (Å²) in [6, 6.07) is 8.40. The van der Waals surface area contributed by atoms with Crippen molar-refractivity contribution in [2.75, 3.05) is 14.2 Å². The summed E-state index contributed by atoms with van der Waals surface area (Å²) in [4.78, 5) is 23.9. The highest BCUT2D eigenvalue weighted by Crippen LogP contribution is 2.25. The van der Waals surface area contributed by atoms with Crippen LogP contribution in [-0.4, -0.2) is 24.8 Å². The van der Waals surface area contributed by atoms with Crippen LogP contribution in [0.5, 0.6) is 5.75 Å². The fourth-order valence-corrected chi connectivity index (χ4v) is 2.66. The molecule has 2 aromatic rings. The van der Waals surface area contributed by atoms with Crippen LogP contribution in [0.3, 0.4) is 0 Å². The van der Waals surface area contributed by atoms with E-state index in [1.54, 1.807) is 25.3 Å². The molecule has 0 aliphatic carbocycles. The molecule has 118 valence electrons. The Bertz CT molecular complexity index is 852. The van der Waals surface area contributed by atoms with Gasteiger partial charge in [-0.2, -0.15) is 5.26 Å². The van der Waals surface area contributed by atoms with Crippen molar-refractivity contribution in [3.63, 3.8) is 0 Å². The number of carbonyl (C=O) groups excluding carboxylic acids is 1. The molecule has 1 heterocycles. The molecule has 0 saturated carbocycles. The van der Waals surface area contributed by atoms with Crippen LogP contribution in [0.15, 0.2) is 39.7 Å². The third kappa shape index (κ3) is 3.60. The number of methoxy groups -OCH3 is 2. The minimum absolute atomic E-state index is 0.111. The first-order chi connectivity index (χ1) is 11.0. The van der Waals surface area contributed by atoms with Gasteiger partial charge in [-0.1, -0.05) is 6.07 Å². The number of nitriles is 1. The third-order valence-electron chi connectivity index (χ3n) is 3.20. The first-order valence-electron chi connectivity index (χ1n) is 6.55. The average molecular weight is 377 g/mol. The van der Waals surface area contributed by atoms with Gasteiger partial charge in [-0.3, -0.25) is 4.79 Å². The summed E-state index contributed by atoms with van der Waals surface area (Å²) in [5.41, 5.74) is 0.384. The molecular formula is C16H13BrN2O4. The molecule has 1 aromatic heterocycles. The summed E-state index contributed by atoms with van der Waals surface area (Å²) in [5, 5.41) is 9.06. The third-order valence-corrected chi connectivity index (χ3v) is 3.82. The van der Waals surface area contributed by atoms with E-state index in [4.69, 9.17) is 10.00 Å². The Morgan fingerprint density at radius 2 is 2.09 bits per heavy atom. The van der Waals surface area contributed by atoms with Gasteiger partial charge < -0.3 is 14.0 Å². The molecule has 0 bridgehead atoms. The predicted molar refractivity (Wildman–Crippen MR) is 86.6 cm³/mol. The van der Waals surface area contributed by atoms with Gasteiger partial charge in [0.05, 0.1) is 30.8 Å². The average Bonchev–Trinajstić information content (AvgIpc) is 2.56. The Hall–Kier alpha value is -2.59. The summed E-state index contributed by atoms with van der Waals surface area (Å²) in [5.74, 6) is 0.0632. The molecule has 2 rings (SSSR count). The lowest BCUT2D eigenvalue weighted by molar-refractivity contribution is 0.0599. The van der Waals surface area contributed by atoms with Gasteiger partial charge in [0.2, 0.25) is 0 Å². The second kappa shape index (κ2) is 7.11. The standard InChI is InChI=1S/C16H13BrN2O4/c1-22-14-4-3-10(5-13(14)17)8-19-9-12(16(21)23-2)6-11(7-18)15(19)20/h3-6,9H,8H2,1-2H3. The van der Waals surface area contributed by atoms with Crippen LogP contribution in [0.25, 0.3) is 0 Å². The van der Waals surface area contributed by atoms with E-state index < -0.39 is 11.5 Å². The van der Waals surface area contributed by atoms with E-state index >= 15 is 0 Å². The monoisotopic (exact) mass is 376 g/mol. The van der Waals surface area contributed by atoms with Gasteiger partial charge in [0.1, 0.15) is 17.4 Å². The van der Waals surface area contributed by atoms with Crippen molar-refractivity contribution in [3.8, 4) is 11.8 Å². The maximum Gasteiger partial charge on any atom is 0.339 e. The zero-order chi connectivity index (χ0) is 17.0. The van der Waals surface area contributed by atoms with Crippen LogP contribution in [0, 0.1) is 11.3 Å². The molecule has 0 unspecified atom stereocenters. The number of benzene rings is 1.